The van der Waals surface area contributed by atoms with Gasteiger partial charge in [0.2, 0.25) is 0 Å². The molecule has 0 fully saturated rings. The van der Waals surface area contributed by atoms with Gasteiger partial charge in [-0.15, -0.1) is 0 Å². The maximum absolute atomic E-state index is 13.9. The third-order valence-corrected chi connectivity index (χ3v) is 6.15. The van der Waals surface area contributed by atoms with Gasteiger partial charge in [-0.3, -0.25) is 4.57 Å². The Hall–Kier alpha value is 0.227. The van der Waals surface area contributed by atoms with E-state index in [0.717, 1.165) is 0 Å². The van der Waals surface area contributed by atoms with Gasteiger partial charge in [0.05, 0.1) is 13.2 Å². The summed E-state index contributed by atoms with van der Waals surface area (Å²) in [5.74, 6) is 0. The first kappa shape index (κ1) is 17.2. The lowest BCUT2D eigenvalue weighted by Gasteiger charge is -2.27. The fourth-order valence-corrected chi connectivity index (χ4v) is 4.02. The van der Waals surface area contributed by atoms with Gasteiger partial charge in [-0.1, -0.05) is 25.7 Å². The Bertz CT molecular complexity index is 269. The molecule has 0 aromatic carbocycles. The smallest absolute Gasteiger partial charge is 0.305 e. The fraction of sp³-hybridized carbons (Fsp3) is 1.00. The first-order valence-electron chi connectivity index (χ1n) is 5.85. The van der Waals surface area contributed by atoms with Crippen molar-refractivity contribution in [3.8, 4) is 0 Å². The Morgan fingerprint density at radius 1 is 1.12 bits per heavy atom. The first-order chi connectivity index (χ1) is 7.58. The molecular formula is C10H23F2O3PSi. The molecule has 0 N–H and O–H groups in total. The van der Waals surface area contributed by atoms with Crippen LogP contribution in [0.3, 0.4) is 0 Å². The molecule has 3 nitrogen and oxygen atoms in total. The molecule has 104 valence electrons. The van der Waals surface area contributed by atoms with Gasteiger partial charge in [0.25, 0.3) is 0 Å². The van der Waals surface area contributed by atoms with E-state index in [-0.39, 0.29) is 13.2 Å². The van der Waals surface area contributed by atoms with E-state index in [1.165, 1.54) is 13.8 Å². The normalized spacial score (nSPS) is 14.1. The summed E-state index contributed by atoms with van der Waals surface area (Å²) in [7, 11) is -5.92. The van der Waals surface area contributed by atoms with Crippen molar-refractivity contribution in [3.63, 3.8) is 0 Å². The molecule has 0 unspecified atom stereocenters. The van der Waals surface area contributed by atoms with E-state index in [1.807, 2.05) is 19.6 Å². The molecule has 7 heteroatoms. The third kappa shape index (κ3) is 5.60. The van der Waals surface area contributed by atoms with Crippen LogP contribution in [-0.4, -0.2) is 27.0 Å². The highest BCUT2D eigenvalue weighted by Crippen LogP contribution is 2.63. The SMILES string of the molecule is CCOP(=O)(OCC)C(F)(F)CC[Si](C)(C)C. The number of hydrogen-bond acceptors (Lipinski definition) is 3. The molecule has 0 aromatic heterocycles. The quantitative estimate of drug-likeness (QED) is 0.484. The van der Waals surface area contributed by atoms with E-state index in [9.17, 15) is 13.3 Å². The second-order valence-corrected chi connectivity index (χ2v) is 12.8. The van der Waals surface area contributed by atoms with Crippen LogP contribution in [0.25, 0.3) is 0 Å². The van der Waals surface area contributed by atoms with Gasteiger partial charge in [-0.05, 0) is 13.8 Å². The Morgan fingerprint density at radius 3 is 1.82 bits per heavy atom. The first-order valence-corrected chi connectivity index (χ1v) is 11.1. The highest BCUT2D eigenvalue weighted by atomic mass is 31.2. The van der Waals surface area contributed by atoms with Gasteiger partial charge in [-0.2, -0.15) is 8.78 Å². The van der Waals surface area contributed by atoms with Crippen molar-refractivity contribution in [2.24, 2.45) is 0 Å². The van der Waals surface area contributed by atoms with Gasteiger partial charge in [-0.25, -0.2) is 0 Å². The van der Waals surface area contributed by atoms with Crippen LogP contribution in [0.2, 0.25) is 25.7 Å². The highest BCUT2D eigenvalue weighted by Gasteiger charge is 2.53. The summed E-state index contributed by atoms with van der Waals surface area (Å²) >= 11 is 0. The second kappa shape index (κ2) is 6.41. The molecule has 0 rings (SSSR count). The summed E-state index contributed by atoms with van der Waals surface area (Å²) in [5, 5.41) is 0. The number of rotatable bonds is 8. The molecule has 17 heavy (non-hydrogen) atoms. The average Bonchev–Trinajstić information content (AvgIpc) is 2.14. The van der Waals surface area contributed by atoms with E-state index in [4.69, 9.17) is 9.05 Å². The molecule has 0 atom stereocenters. The van der Waals surface area contributed by atoms with Gasteiger partial charge in [0.15, 0.2) is 0 Å². The summed E-state index contributed by atoms with van der Waals surface area (Å²) in [6.45, 7) is 8.96. The molecule has 0 saturated carbocycles. The molecule has 0 aliphatic carbocycles. The van der Waals surface area contributed by atoms with Crippen molar-refractivity contribution in [1.82, 2.24) is 0 Å². The predicted molar refractivity (Wildman–Crippen MR) is 68.6 cm³/mol. The molecule has 0 aliphatic rings. The van der Waals surface area contributed by atoms with Crippen LogP contribution in [0, 0.1) is 0 Å². The molecular weight excluding hydrogens is 265 g/mol. The lowest BCUT2D eigenvalue weighted by atomic mass is 10.5. The number of alkyl halides is 2. The maximum atomic E-state index is 13.9. The van der Waals surface area contributed by atoms with Crippen molar-refractivity contribution in [2.75, 3.05) is 13.2 Å². The predicted octanol–water partition coefficient (Wildman–Crippen LogP) is 4.57. The van der Waals surface area contributed by atoms with Crippen LogP contribution in [-0.2, 0) is 13.6 Å². The minimum atomic E-state index is -4.32. The summed E-state index contributed by atoms with van der Waals surface area (Å²) in [6.07, 6.45) is -0.431. The topological polar surface area (TPSA) is 35.5 Å². The van der Waals surface area contributed by atoms with Crippen molar-refractivity contribution in [3.05, 3.63) is 0 Å². The van der Waals surface area contributed by atoms with Crippen LogP contribution in [0.15, 0.2) is 0 Å². The molecule has 0 saturated heterocycles. The van der Waals surface area contributed by atoms with Gasteiger partial charge < -0.3 is 9.05 Å². The Balaban J connectivity index is 4.77. The van der Waals surface area contributed by atoms with Crippen LogP contribution in [0.1, 0.15) is 20.3 Å². The van der Waals surface area contributed by atoms with E-state index in [0.29, 0.717) is 6.04 Å². The largest absolute Gasteiger partial charge is 0.399 e. The molecule has 0 aliphatic heterocycles. The van der Waals surface area contributed by atoms with Crippen LogP contribution in [0.4, 0.5) is 8.78 Å². The summed E-state index contributed by atoms with van der Waals surface area (Å²) in [6, 6.07) is 0.393. The zero-order chi connectivity index (χ0) is 13.7. The van der Waals surface area contributed by atoms with Crippen LogP contribution < -0.4 is 0 Å². The number of hydrogen-bond donors (Lipinski definition) is 0. The van der Waals surface area contributed by atoms with Crippen molar-refractivity contribution in [2.45, 2.75) is 51.6 Å². The molecule has 0 spiro atoms. The van der Waals surface area contributed by atoms with E-state index >= 15 is 0 Å². The lowest BCUT2D eigenvalue weighted by molar-refractivity contribution is 0.0355. The summed E-state index contributed by atoms with van der Waals surface area (Å²) in [5.41, 5.74) is -3.39. The van der Waals surface area contributed by atoms with Crippen LogP contribution in [0.5, 0.6) is 0 Å². The molecule has 0 aromatic rings. The van der Waals surface area contributed by atoms with Gasteiger partial charge in [0, 0.05) is 14.5 Å². The lowest BCUT2D eigenvalue weighted by Crippen LogP contribution is -2.27. The zero-order valence-corrected chi connectivity index (χ0v) is 13.2. The Labute approximate surface area is 103 Å². The van der Waals surface area contributed by atoms with Crippen LogP contribution >= 0.6 is 7.60 Å². The standard InChI is InChI=1S/C10H23F2O3PSi/c1-6-14-16(13,15-7-2)10(11,12)8-9-17(3,4)5/h6-9H2,1-5H3. The molecule has 0 amide bonds. The van der Waals surface area contributed by atoms with Crippen molar-refractivity contribution < 1.29 is 22.4 Å². The average molecular weight is 288 g/mol. The number of halogens is 2. The molecule has 0 heterocycles. The molecule has 0 radical (unpaired) electrons. The minimum Gasteiger partial charge on any atom is -0.305 e. The second-order valence-electron chi connectivity index (χ2n) is 5.06. The van der Waals surface area contributed by atoms with Gasteiger partial charge >= 0.3 is 13.3 Å². The minimum absolute atomic E-state index is 0.0419. The summed E-state index contributed by atoms with van der Waals surface area (Å²) in [4.78, 5) is 0. The van der Waals surface area contributed by atoms with E-state index in [1.54, 1.807) is 0 Å². The summed E-state index contributed by atoms with van der Waals surface area (Å²) < 4.78 is 49.1. The Morgan fingerprint density at radius 2 is 1.53 bits per heavy atom. The third-order valence-electron chi connectivity index (χ3n) is 2.17. The van der Waals surface area contributed by atoms with Crippen molar-refractivity contribution >= 4 is 15.7 Å². The Kier molecular flexibility index (Phi) is 6.50. The highest BCUT2D eigenvalue weighted by molar-refractivity contribution is 7.55. The maximum Gasteiger partial charge on any atom is 0.399 e. The van der Waals surface area contributed by atoms with E-state index in [2.05, 4.69) is 0 Å². The van der Waals surface area contributed by atoms with Crippen molar-refractivity contribution in [1.29, 1.82) is 0 Å². The zero-order valence-electron chi connectivity index (χ0n) is 11.3. The van der Waals surface area contributed by atoms with Gasteiger partial charge in [0.1, 0.15) is 0 Å². The molecule has 0 bridgehead atoms. The monoisotopic (exact) mass is 288 g/mol. The fourth-order valence-electron chi connectivity index (χ4n) is 1.23. The van der Waals surface area contributed by atoms with E-state index < -0.39 is 27.8 Å².